The highest BCUT2D eigenvalue weighted by atomic mass is 35.5. The highest BCUT2D eigenvalue weighted by molar-refractivity contribution is 7.15. The van der Waals surface area contributed by atoms with Crippen LogP contribution in [0.15, 0.2) is 6.20 Å². The van der Waals surface area contributed by atoms with Gasteiger partial charge < -0.3 is 5.73 Å². The van der Waals surface area contributed by atoms with Crippen LogP contribution in [-0.2, 0) is 0 Å². The molecule has 2 N–H and O–H groups in total. The number of aromatic nitrogens is 1. The Morgan fingerprint density at radius 2 is 2.25 bits per heavy atom. The van der Waals surface area contributed by atoms with Crippen LogP contribution in [0.1, 0.15) is 24.6 Å². The molecule has 0 aliphatic heterocycles. The molecule has 1 saturated carbocycles. The summed E-state index contributed by atoms with van der Waals surface area (Å²) in [6.07, 6.45) is 1.84. The van der Waals surface area contributed by atoms with Crippen molar-refractivity contribution in [1.29, 1.82) is 0 Å². The van der Waals surface area contributed by atoms with E-state index in [4.69, 9.17) is 17.3 Å². The molecule has 2 atom stereocenters. The molecule has 2 nitrogen and oxygen atoms in total. The zero-order valence-electron chi connectivity index (χ0n) is 7.04. The number of nitrogens with two attached hydrogens (primary N) is 1. The van der Waals surface area contributed by atoms with Crippen molar-refractivity contribution in [1.82, 2.24) is 4.98 Å². The Balaban J connectivity index is 2.24. The van der Waals surface area contributed by atoms with Crippen molar-refractivity contribution >= 4 is 22.9 Å². The fourth-order valence-corrected chi connectivity index (χ4v) is 2.93. The number of hydrogen-bond donors (Lipinski definition) is 1. The molecule has 0 aromatic carbocycles. The van der Waals surface area contributed by atoms with Gasteiger partial charge in [0.25, 0.3) is 0 Å². The van der Waals surface area contributed by atoms with Gasteiger partial charge in [-0.15, -0.1) is 11.3 Å². The summed E-state index contributed by atoms with van der Waals surface area (Å²) in [5, 5.41) is 0. The minimum atomic E-state index is 0.232. The standard InChI is InChI=1S/C8H11ClN2S/c1-8(2)5(6(8)10)4-3-11-7(9)12-4/h3,5-6H,10H2,1-2H3/t5-,6-/m0/s1. The highest BCUT2D eigenvalue weighted by Gasteiger charge is 2.56. The summed E-state index contributed by atoms with van der Waals surface area (Å²) in [4.78, 5) is 5.23. The predicted octanol–water partition coefficient (Wildman–Crippen LogP) is 2.25. The molecule has 1 aliphatic rings. The molecule has 2 rings (SSSR count). The lowest BCUT2D eigenvalue weighted by Gasteiger charge is -1.96. The fraction of sp³-hybridized carbons (Fsp3) is 0.625. The zero-order valence-corrected chi connectivity index (χ0v) is 8.62. The molecular weight excluding hydrogens is 192 g/mol. The van der Waals surface area contributed by atoms with Crippen LogP contribution in [0, 0.1) is 5.41 Å². The maximum atomic E-state index is 5.92. The monoisotopic (exact) mass is 202 g/mol. The lowest BCUT2D eigenvalue weighted by molar-refractivity contribution is 0.601. The predicted molar refractivity (Wildman–Crippen MR) is 51.6 cm³/mol. The van der Waals surface area contributed by atoms with E-state index in [1.165, 1.54) is 16.2 Å². The lowest BCUT2D eigenvalue weighted by atomic mass is 10.1. The highest BCUT2D eigenvalue weighted by Crippen LogP contribution is 2.58. The van der Waals surface area contributed by atoms with Crippen molar-refractivity contribution in [3.8, 4) is 0 Å². The van der Waals surface area contributed by atoms with Gasteiger partial charge in [0.15, 0.2) is 4.47 Å². The van der Waals surface area contributed by atoms with Gasteiger partial charge in [0.05, 0.1) is 0 Å². The number of rotatable bonds is 1. The molecule has 66 valence electrons. The van der Waals surface area contributed by atoms with Gasteiger partial charge in [0.2, 0.25) is 0 Å². The molecule has 0 spiro atoms. The van der Waals surface area contributed by atoms with Gasteiger partial charge in [-0.1, -0.05) is 25.4 Å². The molecule has 12 heavy (non-hydrogen) atoms. The average molecular weight is 203 g/mol. The van der Waals surface area contributed by atoms with Crippen LogP contribution in [0.25, 0.3) is 0 Å². The lowest BCUT2D eigenvalue weighted by Crippen LogP contribution is -2.06. The van der Waals surface area contributed by atoms with Crippen LogP contribution in [0.2, 0.25) is 4.47 Å². The number of thiazole rings is 1. The maximum absolute atomic E-state index is 5.92. The second-order valence-corrected chi connectivity index (χ2v) is 5.48. The molecule has 4 heteroatoms. The van der Waals surface area contributed by atoms with E-state index in [0.717, 1.165) is 0 Å². The van der Waals surface area contributed by atoms with E-state index < -0.39 is 0 Å². The first-order valence-electron chi connectivity index (χ1n) is 3.90. The van der Waals surface area contributed by atoms with Crippen molar-refractivity contribution in [2.75, 3.05) is 0 Å². The van der Waals surface area contributed by atoms with Gasteiger partial charge in [-0.3, -0.25) is 0 Å². The fourth-order valence-electron chi connectivity index (χ4n) is 1.63. The molecule has 0 amide bonds. The minimum absolute atomic E-state index is 0.232. The van der Waals surface area contributed by atoms with Crippen LogP contribution < -0.4 is 5.73 Å². The van der Waals surface area contributed by atoms with Gasteiger partial charge in [-0.2, -0.15) is 0 Å². The summed E-state index contributed by atoms with van der Waals surface area (Å²) >= 11 is 7.28. The molecule has 0 saturated heterocycles. The Bertz CT molecular complexity index is 308. The third-order valence-electron chi connectivity index (χ3n) is 2.71. The van der Waals surface area contributed by atoms with E-state index in [1.54, 1.807) is 0 Å². The SMILES string of the molecule is CC1(C)[C@@H](N)[C@@H]1c1cnc(Cl)s1. The third kappa shape index (κ3) is 1.08. The molecule has 0 bridgehead atoms. The van der Waals surface area contributed by atoms with E-state index in [0.29, 0.717) is 10.4 Å². The number of nitrogens with zero attached hydrogens (tertiary/aromatic N) is 1. The molecule has 1 fully saturated rings. The first-order valence-corrected chi connectivity index (χ1v) is 5.09. The van der Waals surface area contributed by atoms with Gasteiger partial charge in [0.1, 0.15) is 0 Å². The molecule has 1 heterocycles. The van der Waals surface area contributed by atoms with Crippen molar-refractivity contribution in [3.63, 3.8) is 0 Å². The molecule has 0 radical (unpaired) electrons. The summed E-state index contributed by atoms with van der Waals surface area (Å²) in [5.74, 6) is 0.461. The van der Waals surface area contributed by atoms with E-state index in [9.17, 15) is 0 Å². The maximum Gasteiger partial charge on any atom is 0.183 e. The van der Waals surface area contributed by atoms with Gasteiger partial charge >= 0.3 is 0 Å². The minimum Gasteiger partial charge on any atom is -0.327 e. The van der Waals surface area contributed by atoms with Crippen LogP contribution in [0.3, 0.4) is 0 Å². The van der Waals surface area contributed by atoms with Crippen LogP contribution in [0.4, 0.5) is 0 Å². The largest absolute Gasteiger partial charge is 0.327 e. The van der Waals surface area contributed by atoms with Gasteiger partial charge in [-0.25, -0.2) is 4.98 Å². The summed E-state index contributed by atoms with van der Waals surface area (Å²) in [7, 11) is 0. The van der Waals surface area contributed by atoms with Gasteiger partial charge in [0, 0.05) is 23.0 Å². The van der Waals surface area contributed by atoms with Crippen molar-refractivity contribution in [2.24, 2.45) is 11.1 Å². The van der Waals surface area contributed by atoms with Crippen molar-refractivity contribution < 1.29 is 0 Å². The Labute approximate surface area is 80.8 Å². The normalized spacial score (nSPS) is 32.0. The average Bonchev–Trinajstić information content (AvgIpc) is 2.38. The topological polar surface area (TPSA) is 38.9 Å². The van der Waals surface area contributed by atoms with E-state index in [-0.39, 0.29) is 11.5 Å². The Kier molecular flexibility index (Phi) is 1.72. The van der Waals surface area contributed by atoms with Crippen LogP contribution in [-0.4, -0.2) is 11.0 Å². The summed E-state index contributed by atoms with van der Waals surface area (Å²) in [5.41, 5.74) is 6.15. The summed E-state index contributed by atoms with van der Waals surface area (Å²) in [6, 6.07) is 0.272. The third-order valence-corrected chi connectivity index (χ3v) is 3.91. The second kappa shape index (κ2) is 2.44. The van der Waals surface area contributed by atoms with Crippen LogP contribution >= 0.6 is 22.9 Å². The first-order chi connectivity index (χ1) is 5.53. The zero-order chi connectivity index (χ0) is 8.93. The van der Waals surface area contributed by atoms with E-state index in [2.05, 4.69) is 18.8 Å². The second-order valence-electron chi connectivity index (χ2n) is 3.84. The van der Waals surface area contributed by atoms with E-state index in [1.807, 2.05) is 6.20 Å². The van der Waals surface area contributed by atoms with Gasteiger partial charge in [-0.05, 0) is 5.41 Å². The number of hydrogen-bond acceptors (Lipinski definition) is 3. The quantitative estimate of drug-likeness (QED) is 0.759. The molecule has 1 aliphatic carbocycles. The van der Waals surface area contributed by atoms with Crippen molar-refractivity contribution in [3.05, 3.63) is 15.5 Å². The molecule has 1 aromatic heterocycles. The Hall–Kier alpha value is -0.120. The van der Waals surface area contributed by atoms with Crippen molar-refractivity contribution in [2.45, 2.75) is 25.8 Å². The molecule has 1 aromatic rings. The van der Waals surface area contributed by atoms with E-state index >= 15 is 0 Å². The number of halogens is 1. The molecule has 0 unspecified atom stereocenters. The first kappa shape index (κ1) is 8.48. The summed E-state index contributed by atoms with van der Waals surface area (Å²) in [6.45, 7) is 4.35. The Morgan fingerprint density at radius 3 is 2.58 bits per heavy atom. The Morgan fingerprint density at radius 1 is 1.67 bits per heavy atom. The molecular formula is C8H11ClN2S. The smallest absolute Gasteiger partial charge is 0.183 e. The summed E-state index contributed by atoms with van der Waals surface area (Å²) < 4.78 is 0.611. The van der Waals surface area contributed by atoms with Crippen LogP contribution in [0.5, 0.6) is 0 Å².